The lowest BCUT2D eigenvalue weighted by molar-refractivity contribution is 0.0879. The second-order valence-corrected chi connectivity index (χ2v) is 13.0. The molecule has 3 aliphatic rings. The molecule has 50 heavy (non-hydrogen) atoms. The molecule has 9 rings (SSSR count). The summed E-state index contributed by atoms with van der Waals surface area (Å²) >= 11 is 0. The van der Waals surface area contributed by atoms with E-state index in [2.05, 4.69) is 97.1 Å². The van der Waals surface area contributed by atoms with Crippen molar-refractivity contribution in [2.45, 2.75) is 18.1 Å². The molecule has 7 heteroatoms. The van der Waals surface area contributed by atoms with Crippen LogP contribution in [0.3, 0.4) is 0 Å². The second kappa shape index (κ2) is 13.8. The number of rotatable bonds is 14. The Kier molecular flexibility index (Phi) is 8.56. The van der Waals surface area contributed by atoms with Gasteiger partial charge >= 0.3 is 0 Å². The first kappa shape index (κ1) is 31.1. The van der Waals surface area contributed by atoms with Crippen LogP contribution in [0.25, 0.3) is 32.7 Å². The smallest absolute Gasteiger partial charge is 0.132 e. The Morgan fingerprint density at radius 1 is 0.520 bits per heavy atom. The average molecular weight is 667 g/mol. The van der Waals surface area contributed by atoms with E-state index in [-0.39, 0.29) is 18.1 Å². The fourth-order valence-electron chi connectivity index (χ4n) is 6.87. The van der Waals surface area contributed by atoms with Crippen molar-refractivity contribution >= 4 is 21.5 Å². The van der Waals surface area contributed by atoms with Crippen molar-refractivity contribution in [3.63, 3.8) is 0 Å². The largest absolute Gasteiger partial charge is 0.491 e. The highest BCUT2D eigenvalue weighted by Crippen LogP contribution is 2.52. The zero-order chi connectivity index (χ0) is 33.3. The van der Waals surface area contributed by atoms with Gasteiger partial charge in [0.15, 0.2) is 0 Å². The zero-order valence-corrected chi connectivity index (χ0v) is 27.7. The van der Waals surface area contributed by atoms with Crippen LogP contribution < -0.4 is 14.2 Å². The predicted molar refractivity (Wildman–Crippen MR) is 193 cm³/mol. The Morgan fingerprint density at radius 3 is 1.56 bits per heavy atom. The lowest BCUT2D eigenvalue weighted by Gasteiger charge is -2.31. The van der Waals surface area contributed by atoms with E-state index >= 15 is 0 Å². The summed E-state index contributed by atoms with van der Waals surface area (Å²) in [6, 6.07) is 40.5. The Bertz CT molecular complexity index is 2010. The molecule has 0 spiro atoms. The molecule has 0 N–H and O–H groups in total. The molecule has 0 aromatic heterocycles. The van der Waals surface area contributed by atoms with Crippen LogP contribution in [-0.4, -0.2) is 65.1 Å². The summed E-state index contributed by atoms with van der Waals surface area (Å²) in [6.07, 6.45) is 0.503. The van der Waals surface area contributed by atoms with Crippen LogP contribution in [0.4, 0.5) is 0 Å². The number of fused-ring (bicyclic) bond motifs is 6. The number of hydrogen-bond acceptors (Lipinski definition) is 7. The van der Waals surface area contributed by atoms with E-state index < -0.39 is 0 Å². The van der Waals surface area contributed by atoms with E-state index in [9.17, 15) is 0 Å². The van der Waals surface area contributed by atoms with Gasteiger partial charge in [0, 0.05) is 17.0 Å². The van der Waals surface area contributed by atoms with E-state index in [4.69, 9.17) is 33.2 Å². The fourth-order valence-corrected chi connectivity index (χ4v) is 6.87. The van der Waals surface area contributed by atoms with Gasteiger partial charge in [0.05, 0.1) is 39.6 Å². The van der Waals surface area contributed by atoms with Gasteiger partial charge in [-0.1, -0.05) is 78.9 Å². The summed E-state index contributed by atoms with van der Waals surface area (Å²) in [5.41, 5.74) is 5.87. The molecule has 3 aliphatic heterocycles. The van der Waals surface area contributed by atoms with E-state index in [1.54, 1.807) is 0 Å². The van der Waals surface area contributed by atoms with E-state index in [0.717, 1.165) is 68.9 Å². The topological polar surface area (TPSA) is 71.2 Å². The van der Waals surface area contributed by atoms with Gasteiger partial charge < -0.3 is 33.2 Å². The third kappa shape index (κ3) is 6.65. The fraction of sp³-hybridized carbons (Fsp3) is 0.256. The maximum atomic E-state index is 6.72. The van der Waals surface area contributed by atoms with Crippen LogP contribution in [0, 0.1) is 0 Å². The highest BCUT2D eigenvalue weighted by molar-refractivity contribution is 5.96. The molecule has 0 amide bonds. The molecule has 0 saturated carbocycles. The molecular weight excluding hydrogens is 628 g/mol. The molecule has 6 aromatic carbocycles. The van der Waals surface area contributed by atoms with Crippen LogP contribution in [0.2, 0.25) is 0 Å². The van der Waals surface area contributed by atoms with Crippen LogP contribution in [-0.2, 0) is 18.9 Å². The van der Waals surface area contributed by atoms with Gasteiger partial charge in [-0.3, -0.25) is 0 Å². The quantitative estimate of drug-likeness (QED) is 0.0851. The van der Waals surface area contributed by atoms with E-state index in [1.807, 2.05) is 18.2 Å². The van der Waals surface area contributed by atoms with Gasteiger partial charge in [-0.05, 0) is 74.6 Å². The minimum Gasteiger partial charge on any atom is -0.491 e. The highest BCUT2D eigenvalue weighted by atomic mass is 16.6. The molecule has 7 nitrogen and oxygen atoms in total. The summed E-state index contributed by atoms with van der Waals surface area (Å²) in [7, 11) is 0. The van der Waals surface area contributed by atoms with Gasteiger partial charge in [-0.25, -0.2) is 0 Å². The van der Waals surface area contributed by atoms with Gasteiger partial charge in [0.25, 0.3) is 0 Å². The van der Waals surface area contributed by atoms with Crippen LogP contribution in [0.5, 0.6) is 23.0 Å². The lowest BCUT2D eigenvalue weighted by atomic mass is 9.78. The first-order valence-corrected chi connectivity index (χ1v) is 17.4. The molecule has 6 aromatic rings. The third-order valence-electron chi connectivity index (χ3n) is 9.54. The molecule has 2 fully saturated rings. The van der Waals surface area contributed by atoms with Gasteiger partial charge in [-0.2, -0.15) is 0 Å². The second-order valence-electron chi connectivity index (χ2n) is 13.0. The average Bonchev–Trinajstić information content (AvgIpc) is 4.11. The minimum atomic E-state index is -0.0689. The summed E-state index contributed by atoms with van der Waals surface area (Å²) in [5, 5.41) is 4.46. The monoisotopic (exact) mass is 666 g/mol. The Balaban J connectivity index is 1.07. The number of benzene rings is 6. The Morgan fingerprint density at radius 2 is 1.04 bits per heavy atom. The molecule has 0 bridgehead atoms. The van der Waals surface area contributed by atoms with Gasteiger partial charge in [0.1, 0.15) is 48.4 Å². The van der Waals surface area contributed by atoms with Crippen molar-refractivity contribution in [2.75, 3.05) is 52.9 Å². The third-order valence-corrected chi connectivity index (χ3v) is 9.54. The maximum absolute atomic E-state index is 6.72. The minimum absolute atomic E-state index is 0.0689. The normalized spacial score (nSPS) is 18.7. The van der Waals surface area contributed by atoms with E-state index in [1.165, 1.54) is 16.7 Å². The summed E-state index contributed by atoms with van der Waals surface area (Å²) in [5.74, 6) is 3.29. The van der Waals surface area contributed by atoms with E-state index in [0.29, 0.717) is 39.6 Å². The molecule has 2 unspecified atom stereocenters. The molecule has 2 saturated heterocycles. The van der Waals surface area contributed by atoms with Crippen molar-refractivity contribution in [1.29, 1.82) is 0 Å². The number of hydrogen-bond donors (Lipinski definition) is 0. The molecule has 2 atom stereocenters. The maximum Gasteiger partial charge on any atom is 0.132 e. The van der Waals surface area contributed by atoms with Gasteiger partial charge in [-0.15, -0.1) is 0 Å². The van der Waals surface area contributed by atoms with Crippen molar-refractivity contribution in [3.8, 4) is 34.1 Å². The zero-order valence-electron chi connectivity index (χ0n) is 27.7. The van der Waals surface area contributed by atoms with Crippen LogP contribution in [0.15, 0.2) is 115 Å². The van der Waals surface area contributed by atoms with Crippen LogP contribution >= 0.6 is 0 Å². The van der Waals surface area contributed by atoms with Crippen LogP contribution in [0.1, 0.15) is 22.6 Å². The SMILES string of the molecule is c1ccc(-c2ccc(C3c4c(ccc5cc(OCCOCC6CO6)ccc45)Oc4ccc5cc(OCCOCC6CO6)ccc5c43)cc2)cc1. The van der Waals surface area contributed by atoms with Crippen molar-refractivity contribution < 1.29 is 33.2 Å². The lowest BCUT2D eigenvalue weighted by Crippen LogP contribution is -2.13. The molecule has 0 aliphatic carbocycles. The predicted octanol–water partition coefficient (Wildman–Crippen LogP) is 8.53. The molecular formula is C43H38O7. The van der Waals surface area contributed by atoms with Gasteiger partial charge in [0.2, 0.25) is 0 Å². The first-order chi connectivity index (χ1) is 24.8. The molecule has 252 valence electrons. The van der Waals surface area contributed by atoms with Crippen molar-refractivity contribution in [3.05, 3.63) is 132 Å². The van der Waals surface area contributed by atoms with Crippen molar-refractivity contribution in [2.24, 2.45) is 0 Å². The number of ether oxygens (including phenoxy) is 7. The summed E-state index contributed by atoms with van der Waals surface area (Å²) in [6.45, 7) is 4.84. The molecule has 0 radical (unpaired) electrons. The first-order valence-electron chi connectivity index (χ1n) is 17.4. The summed E-state index contributed by atoms with van der Waals surface area (Å²) < 4.78 is 40.7. The Hall–Kier alpha value is -4.92. The molecule has 3 heterocycles. The standard InChI is InChI=1S/C43H38O7/c1-2-4-28(5-3-1)29-6-8-30(9-7-29)41-42-37-14-12-33(46-20-18-44-24-35-26-48-35)22-31(37)10-16-39(42)50-40-17-11-32-23-34(13-15-38(32)43(40)41)47-21-19-45-25-36-27-49-36/h1-17,22-23,35-36,41H,18-21,24-27H2. The summed E-state index contributed by atoms with van der Waals surface area (Å²) in [4.78, 5) is 0. The highest BCUT2D eigenvalue weighted by Gasteiger charge is 2.32. The van der Waals surface area contributed by atoms with Crippen molar-refractivity contribution in [1.82, 2.24) is 0 Å². The Labute approximate surface area is 291 Å². The number of epoxide rings is 2.